The summed E-state index contributed by atoms with van der Waals surface area (Å²) in [5.41, 5.74) is 0. The Morgan fingerprint density at radius 1 is 1.05 bits per heavy atom. The van der Waals surface area contributed by atoms with Crippen molar-refractivity contribution < 1.29 is 13.6 Å². The van der Waals surface area contributed by atoms with E-state index in [4.69, 9.17) is 8.83 Å². The second-order valence-electron chi connectivity index (χ2n) is 5.39. The highest BCUT2D eigenvalue weighted by Crippen LogP contribution is 2.13. The first-order valence-corrected chi connectivity index (χ1v) is 7.36. The van der Waals surface area contributed by atoms with Crippen molar-refractivity contribution in [2.24, 2.45) is 0 Å². The van der Waals surface area contributed by atoms with Crippen LogP contribution in [0.4, 0.5) is 0 Å². The van der Waals surface area contributed by atoms with Crippen molar-refractivity contribution in [3.63, 3.8) is 0 Å². The largest absolute Gasteiger partial charge is 0.468 e. The molecule has 0 N–H and O–H groups in total. The number of carbonyl (C=O) groups is 1. The second-order valence-corrected chi connectivity index (χ2v) is 5.39. The molecule has 1 amide bonds. The summed E-state index contributed by atoms with van der Waals surface area (Å²) in [6.45, 7) is 3.37. The van der Waals surface area contributed by atoms with Crippen molar-refractivity contribution in [2.45, 2.75) is 25.9 Å². The SMILES string of the molecule is O=C(CN(Cc1ccco1)Cc1ccco1)N1CCCC1. The molecule has 0 radical (unpaired) electrons. The van der Waals surface area contributed by atoms with Crippen LogP contribution in [0.3, 0.4) is 0 Å². The lowest BCUT2D eigenvalue weighted by atomic mass is 10.3. The number of rotatable bonds is 6. The van der Waals surface area contributed by atoms with E-state index < -0.39 is 0 Å². The minimum absolute atomic E-state index is 0.186. The summed E-state index contributed by atoms with van der Waals surface area (Å²) in [6.07, 6.45) is 5.54. The molecule has 0 unspecified atom stereocenters. The first kappa shape index (κ1) is 13.9. The van der Waals surface area contributed by atoms with Crippen LogP contribution in [-0.2, 0) is 17.9 Å². The maximum atomic E-state index is 12.3. The fourth-order valence-corrected chi connectivity index (χ4v) is 2.67. The molecule has 1 aliphatic heterocycles. The highest BCUT2D eigenvalue weighted by Gasteiger charge is 2.21. The first-order chi connectivity index (χ1) is 10.3. The summed E-state index contributed by atoms with van der Waals surface area (Å²) >= 11 is 0. The molecule has 5 nitrogen and oxygen atoms in total. The molecule has 1 saturated heterocycles. The average Bonchev–Trinajstić information content (AvgIpc) is 3.22. The van der Waals surface area contributed by atoms with Gasteiger partial charge >= 0.3 is 0 Å². The maximum Gasteiger partial charge on any atom is 0.236 e. The highest BCUT2D eigenvalue weighted by atomic mass is 16.3. The van der Waals surface area contributed by atoms with E-state index >= 15 is 0 Å². The molecule has 0 spiro atoms. The Morgan fingerprint density at radius 3 is 2.10 bits per heavy atom. The van der Waals surface area contributed by atoms with Crippen LogP contribution in [0.1, 0.15) is 24.4 Å². The summed E-state index contributed by atoms with van der Waals surface area (Å²) in [4.78, 5) is 16.3. The zero-order valence-corrected chi connectivity index (χ0v) is 12.0. The van der Waals surface area contributed by atoms with Crippen molar-refractivity contribution in [2.75, 3.05) is 19.6 Å². The molecule has 1 fully saturated rings. The summed E-state index contributed by atoms with van der Waals surface area (Å²) in [7, 11) is 0. The van der Waals surface area contributed by atoms with Crippen LogP contribution < -0.4 is 0 Å². The van der Waals surface area contributed by atoms with Gasteiger partial charge in [0.05, 0.1) is 32.2 Å². The van der Waals surface area contributed by atoms with Crippen LogP contribution in [0.25, 0.3) is 0 Å². The zero-order valence-electron chi connectivity index (χ0n) is 12.0. The van der Waals surface area contributed by atoms with Gasteiger partial charge in [-0.1, -0.05) is 0 Å². The van der Waals surface area contributed by atoms with E-state index in [0.29, 0.717) is 19.6 Å². The fraction of sp³-hybridized carbons (Fsp3) is 0.438. The summed E-state index contributed by atoms with van der Waals surface area (Å²) in [5, 5.41) is 0. The number of nitrogens with zero attached hydrogens (tertiary/aromatic N) is 2. The lowest BCUT2D eigenvalue weighted by molar-refractivity contribution is -0.131. The molecule has 2 aromatic heterocycles. The highest BCUT2D eigenvalue weighted by molar-refractivity contribution is 5.78. The van der Waals surface area contributed by atoms with Gasteiger partial charge in [-0.15, -0.1) is 0 Å². The Bertz CT molecular complexity index is 506. The van der Waals surface area contributed by atoms with Gasteiger partial charge in [-0.3, -0.25) is 9.69 Å². The molecule has 112 valence electrons. The Balaban J connectivity index is 1.64. The van der Waals surface area contributed by atoms with Crippen LogP contribution in [0.2, 0.25) is 0 Å². The molecule has 21 heavy (non-hydrogen) atoms. The maximum absolute atomic E-state index is 12.3. The van der Waals surface area contributed by atoms with E-state index in [1.165, 1.54) is 0 Å². The molecule has 0 bridgehead atoms. The summed E-state index contributed by atoms with van der Waals surface area (Å²) in [5.74, 6) is 1.90. The van der Waals surface area contributed by atoms with E-state index in [0.717, 1.165) is 37.5 Å². The van der Waals surface area contributed by atoms with Gasteiger partial charge in [0, 0.05) is 13.1 Å². The minimum atomic E-state index is 0.186. The van der Waals surface area contributed by atoms with E-state index in [-0.39, 0.29) is 5.91 Å². The molecule has 0 atom stereocenters. The third kappa shape index (κ3) is 3.76. The van der Waals surface area contributed by atoms with E-state index in [9.17, 15) is 4.79 Å². The molecule has 5 heteroatoms. The lowest BCUT2D eigenvalue weighted by Crippen LogP contribution is -2.38. The third-order valence-corrected chi connectivity index (χ3v) is 3.74. The van der Waals surface area contributed by atoms with Gasteiger partial charge in [0.25, 0.3) is 0 Å². The normalized spacial score (nSPS) is 15.0. The zero-order chi connectivity index (χ0) is 14.5. The fourth-order valence-electron chi connectivity index (χ4n) is 2.67. The van der Waals surface area contributed by atoms with Gasteiger partial charge in [-0.05, 0) is 37.1 Å². The Kier molecular flexibility index (Phi) is 4.40. The molecule has 2 aromatic rings. The molecule has 0 aliphatic carbocycles. The average molecular weight is 288 g/mol. The van der Waals surface area contributed by atoms with Crippen molar-refractivity contribution in [1.82, 2.24) is 9.80 Å². The molecule has 0 saturated carbocycles. The van der Waals surface area contributed by atoms with Crippen molar-refractivity contribution in [1.29, 1.82) is 0 Å². The monoisotopic (exact) mass is 288 g/mol. The van der Waals surface area contributed by atoms with Gasteiger partial charge in [0.15, 0.2) is 0 Å². The van der Waals surface area contributed by atoms with E-state index in [1.807, 2.05) is 29.2 Å². The molecule has 1 aliphatic rings. The molecule has 0 aromatic carbocycles. The van der Waals surface area contributed by atoms with Crippen molar-refractivity contribution in [3.05, 3.63) is 48.3 Å². The number of carbonyl (C=O) groups excluding carboxylic acids is 1. The quantitative estimate of drug-likeness (QED) is 0.819. The van der Waals surface area contributed by atoms with Gasteiger partial charge in [-0.2, -0.15) is 0 Å². The number of hydrogen-bond donors (Lipinski definition) is 0. The van der Waals surface area contributed by atoms with Gasteiger partial charge in [0.2, 0.25) is 5.91 Å². The number of hydrogen-bond acceptors (Lipinski definition) is 4. The van der Waals surface area contributed by atoms with Crippen molar-refractivity contribution >= 4 is 5.91 Å². The van der Waals surface area contributed by atoms with Crippen LogP contribution in [0.15, 0.2) is 45.6 Å². The third-order valence-electron chi connectivity index (χ3n) is 3.74. The standard InChI is InChI=1S/C16H20N2O3/c19-16(18-7-1-2-8-18)13-17(11-14-5-3-9-20-14)12-15-6-4-10-21-15/h3-6,9-10H,1-2,7-8,11-13H2. The van der Waals surface area contributed by atoms with Gasteiger partial charge in [-0.25, -0.2) is 0 Å². The van der Waals surface area contributed by atoms with Crippen LogP contribution in [0.5, 0.6) is 0 Å². The van der Waals surface area contributed by atoms with E-state index in [2.05, 4.69) is 4.90 Å². The molecule has 3 rings (SSSR count). The van der Waals surface area contributed by atoms with Gasteiger partial charge < -0.3 is 13.7 Å². The van der Waals surface area contributed by atoms with Crippen LogP contribution in [0, 0.1) is 0 Å². The molecular formula is C16H20N2O3. The smallest absolute Gasteiger partial charge is 0.236 e. The Labute approximate surface area is 124 Å². The topological polar surface area (TPSA) is 49.8 Å². The lowest BCUT2D eigenvalue weighted by Gasteiger charge is -2.23. The predicted octanol–water partition coefficient (Wildman–Crippen LogP) is 2.50. The number of furan rings is 2. The van der Waals surface area contributed by atoms with Gasteiger partial charge in [0.1, 0.15) is 11.5 Å². The van der Waals surface area contributed by atoms with Crippen LogP contribution in [-0.4, -0.2) is 35.3 Å². The van der Waals surface area contributed by atoms with E-state index in [1.54, 1.807) is 12.5 Å². The Morgan fingerprint density at radius 2 is 1.62 bits per heavy atom. The first-order valence-electron chi connectivity index (χ1n) is 7.36. The number of likely N-dealkylation sites (tertiary alicyclic amines) is 1. The summed E-state index contributed by atoms with van der Waals surface area (Å²) in [6, 6.07) is 7.58. The Hall–Kier alpha value is -2.01. The summed E-state index contributed by atoms with van der Waals surface area (Å²) < 4.78 is 10.8. The molecular weight excluding hydrogens is 268 g/mol. The minimum Gasteiger partial charge on any atom is -0.468 e. The van der Waals surface area contributed by atoms with Crippen LogP contribution >= 0.6 is 0 Å². The predicted molar refractivity (Wildman–Crippen MR) is 77.3 cm³/mol. The molecule has 3 heterocycles. The second kappa shape index (κ2) is 6.63. The number of amides is 1. The van der Waals surface area contributed by atoms with Crippen molar-refractivity contribution in [3.8, 4) is 0 Å².